The Morgan fingerprint density at radius 2 is 1.76 bits per heavy atom. The summed E-state index contributed by atoms with van der Waals surface area (Å²) in [5.41, 5.74) is 3.99. The molecule has 3 heterocycles. The molecule has 0 unspecified atom stereocenters. The molecule has 1 atom stereocenters. The van der Waals surface area contributed by atoms with Gasteiger partial charge >= 0.3 is 0 Å². The standard InChI is InChI=1S/C27H30N4O3/c1-20-16-21(2)31(28-20)24-11-6-8-22(17-24)26(33)29-14-7-12-27(13-15-29)19-30(25(32)18-34-27)23-9-4-3-5-10-23/h3-6,8-11,16-17H,7,12-15,18-19H2,1-2H3/t27-/m1/s1. The van der Waals surface area contributed by atoms with Crippen LogP contribution < -0.4 is 4.90 Å². The van der Waals surface area contributed by atoms with Crippen LogP contribution in [0.15, 0.2) is 60.7 Å². The van der Waals surface area contributed by atoms with Crippen LogP contribution in [0.2, 0.25) is 0 Å². The summed E-state index contributed by atoms with van der Waals surface area (Å²) in [4.78, 5) is 29.7. The third-order valence-electron chi connectivity index (χ3n) is 6.85. The third kappa shape index (κ3) is 4.35. The highest BCUT2D eigenvalue weighted by molar-refractivity contribution is 5.95. The molecule has 2 amide bonds. The van der Waals surface area contributed by atoms with Crippen LogP contribution in [-0.4, -0.2) is 58.3 Å². The lowest BCUT2D eigenvalue weighted by Crippen LogP contribution is -2.55. The molecule has 0 radical (unpaired) electrons. The van der Waals surface area contributed by atoms with Gasteiger partial charge in [-0.05, 0) is 69.5 Å². The van der Waals surface area contributed by atoms with Crippen LogP contribution in [0.1, 0.15) is 41.0 Å². The molecule has 1 aromatic heterocycles. The van der Waals surface area contributed by atoms with Crippen molar-refractivity contribution in [2.75, 3.05) is 31.1 Å². The number of para-hydroxylation sites is 1. The van der Waals surface area contributed by atoms with E-state index in [-0.39, 0.29) is 18.4 Å². The summed E-state index contributed by atoms with van der Waals surface area (Å²) in [6, 6.07) is 19.4. The summed E-state index contributed by atoms with van der Waals surface area (Å²) in [6.45, 7) is 5.84. The van der Waals surface area contributed by atoms with Crippen LogP contribution in [0.25, 0.3) is 5.69 Å². The molecule has 3 aromatic rings. The van der Waals surface area contributed by atoms with Crippen molar-refractivity contribution in [3.8, 4) is 5.69 Å². The normalized spacial score (nSPS) is 21.1. The summed E-state index contributed by atoms with van der Waals surface area (Å²) in [5, 5.41) is 4.55. The van der Waals surface area contributed by atoms with Crippen molar-refractivity contribution in [2.24, 2.45) is 0 Å². The van der Waals surface area contributed by atoms with Crippen molar-refractivity contribution >= 4 is 17.5 Å². The number of benzene rings is 2. The van der Waals surface area contributed by atoms with Crippen LogP contribution in [0.5, 0.6) is 0 Å². The SMILES string of the molecule is Cc1cc(C)n(-c2cccc(C(=O)N3CCC[C@@]4(CC3)CN(c3ccccc3)C(=O)CO4)c2)n1. The summed E-state index contributed by atoms with van der Waals surface area (Å²) in [5.74, 6) is 0.00204. The molecule has 34 heavy (non-hydrogen) atoms. The second-order valence-electron chi connectivity index (χ2n) is 9.32. The maximum Gasteiger partial charge on any atom is 0.253 e. The minimum absolute atomic E-state index is 0.0185. The molecule has 2 aliphatic rings. The Hall–Kier alpha value is -3.45. The van der Waals surface area contributed by atoms with Gasteiger partial charge in [0.05, 0.1) is 23.5 Å². The van der Waals surface area contributed by atoms with Gasteiger partial charge in [0.1, 0.15) is 6.61 Å². The van der Waals surface area contributed by atoms with Gasteiger partial charge < -0.3 is 14.5 Å². The van der Waals surface area contributed by atoms with Crippen molar-refractivity contribution in [3.63, 3.8) is 0 Å². The lowest BCUT2D eigenvalue weighted by Gasteiger charge is -2.42. The van der Waals surface area contributed by atoms with Gasteiger partial charge in [-0.2, -0.15) is 5.10 Å². The molecule has 7 nitrogen and oxygen atoms in total. The molecule has 0 saturated carbocycles. The zero-order chi connectivity index (χ0) is 23.7. The number of hydrogen-bond donors (Lipinski definition) is 0. The first-order chi connectivity index (χ1) is 16.4. The van der Waals surface area contributed by atoms with Crippen molar-refractivity contribution in [3.05, 3.63) is 77.6 Å². The first-order valence-corrected chi connectivity index (χ1v) is 11.9. The highest BCUT2D eigenvalue weighted by Gasteiger charge is 2.42. The number of morpholine rings is 1. The summed E-state index contributed by atoms with van der Waals surface area (Å²) < 4.78 is 8.01. The molecule has 2 fully saturated rings. The first-order valence-electron chi connectivity index (χ1n) is 11.9. The number of ether oxygens (including phenoxy) is 1. The number of anilines is 1. The number of carbonyl (C=O) groups is 2. The van der Waals surface area contributed by atoms with Gasteiger partial charge in [0.15, 0.2) is 0 Å². The quantitative estimate of drug-likeness (QED) is 0.597. The summed E-state index contributed by atoms with van der Waals surface area (Å²) in [7, 11) is 0. The van der Waals surface area contributed by atoms with E-state index in [4.69, 9.17) is 4.74 Å². The van der Waals surface area contributed by atoms with Crippen molar-refractivity contribution in [2.45, 2.75) is 38.7 Å². The Bertz CT molecular complexity index is 1210. The Morgan fingerprint density at radius 3 is 2.53 bits per heavy atom. The number of carbonyl (C=O) groups excluding carboxylic acids is 2. The van der Waals surface area contributed by atoms with E-state index >= 15 is 0 Å². The Labute approximate surface area is 199 Å². The molecule has 176 valence electrons. The lowest BCUT2D eigenvalue weighted by molar-refractivity contribution is -0.140. The average molecular weight is 459 g/mol. The van der Waals surface area contributed by atoms with Gasteiger partial charge in [0, 0.05) is 30.0 Å². The predicted octanol–water partition coefficient (Wildman–Crippen LogP) is 3.92. The minimum atomic E-state index is -0.426. The maximum absolute atomic E-state index is 13.4. The van der Waals surface area contributed by atoms with E-state index in [0.717, 1.165) is 35.6 Å². The van der Waals surface area contributed by atoms with Gasteiger partial charge in [-0.3, -0.25) is 9.59 Å². The first kappa shape index (κ1) is 22.3. The number of hydrogen-bond acceptors (Lipinski definition) is 4. The van der Waals surface area contributed by atoms with Crippen LogP contribution in [0.3, 0.4) is 0 Å². The summed E-state index contributed by atoms with van der Waals surface area (Å²) >= 11 is 0. The monoisotopic (exact) mass is 458 g/mol. The fraction of sp³-hybridized carbons (Fsp3) is 0.370. The van der Waals surface area contributed by atoms with E-state index in [9.17, 15) is 9.59 Å². The highest BCUT2D eigenvalue weighted by Crippen LogP contribution is 2.33. The molecular weight excluding hydrogens is 428 g/mol. The van der Waals surface area contributed by atoms with E-state index in [0.29, 0.717) is 31.6 Å². The largest absolute Gasteiger partial charge is 0.363 e. The molecule has 2 aromatic carbocycles. The number of aromatic nitrogens is 2. The Morgan fingerprint density at radius 1 is 0.971 bits per heavy atom. The molecule has 1 spiro atoms. The number of aryl methyl sites for hydroxylation is 2. The molecular formula is C27H30N4O3. The molecule has 0 bridgehead atoms. The fourth-order valence-corrected chi connectivity index (χ4v) is 5.07. The van der Waals surface area contributed by atoms with E-state index < -0.39 is 5.60 Å². The number of amides is 2. The van der Waals surface area contributed by atoms with Gasteiger partial charge in [-0.25, -0.2) is 4.68 Å². The molecule has 2 aliphatic heterocycles. The van der Waals surface area contributed by atoms with Gasteiger partial charge in [-0.15, -0.1) is 0 Å². The zero-order valence-electron chi connectivity index (χ0n) is 19.7. The smallest absolute Gasteiger partial charge is 0.253 e. The second-order valence-corrected chi connectivity index (χ2v) is 9.32. The Kier molecular flexibility index (Phi) is 5.96. The topological polar surface area (TPSA) is 67.7 Å². The second kappa shape index (κ2) is 9.06. The average Bonchev–Trinajstić information content (AvgIpc) is 3.07. The lowest BCUT2D eigenvalue weighted by atomic mass is 9.92. The molecule has 0 N–H and O–H groups in total. The van der Waals surface area contributed by atoms with Gasteiger partial charge in [0.25, 0.3) is 11.8 Å². The number of rotatable bonds is 3. The van der Waals surface area contributed by atoms with Crippen molar-refractivity contribution in [1.82, 2.24) is 14.7 Å². The zero-order valence-corrected chi connectivity index (χ0v) is 19.7. The minimum Gasteiger partial charge on any atom is -0.363 e. The number of likely N-dealkylation sites (tertiary alicyclic amines) is 1. The molecule has 7 heteroatoms. The number of nitrogens with zero attached hydrogens (tertiary/aromatic N) is 4. The van der Waals surface area contributed by atoms with Crippen LogP contribution in [0.4, 0.5) is 5.69 Å². The fourth-order valence-electron chi connectivity index (χ4n) is 5.07. The Balaban J connectivity index is 1.31. The molecule has 5 rings (SSSR count). The van der Waals surface area contributed by atoms with Gasteiger partial charge in [-0.1, -0.05) is 24.3 Å². The van der Waals surface area contributed by atoms with Crippen LogP contribution in [0, 0.1) is 13.8 Å². The highest BCUT2D eigenvalue weighted by atomic mass is 16.5. The van der Waals surface area contributed by atoms with E-state index in [1.54, 1.807) is 0 Å². The summed E-state index contributed by atoms with van der Waals surface area (Å²) in [6.07, 6.45) is 2.35. The van der Waals surface area contributed by atoms with Crippen molar-refractivity contribution < 1.29 is 14.3 Å². The third-order valence-corrected chi connectivity index (χ3v) is 6.85. The molecule has 0 aliphatic carbocycles. The van der Waals surface area contributed by atoms with E-state index in [2.05, 4.69) is 5.10 Å². The van der Waals surface area contributed by atoms with Crippen LogP contribution >= 0.6 is 0 Å². The van der Waals surface area contributed by atoms with Crippen molar-refractivity contribution in [1.29, 1.82) is 0 Å². The van der Waals surface area contributed by atoms with Crippen LogP contribution in [-0.2, 0) is 9.53 Å². The predicted molar refractivity (Wildman–Crippen MR) is 130 cm³/mol. The maximum atomic E-state index is 13.4. The van der Waals surface area contributed by atoms with E-state index in [1.165, 1.54) is 0 Å². The van der Waals surface area contributed by atoms with E-state index in [1.807, 2.05) is 89.0 Å². The van der Waals surface area contributed by atoms with Gasteiger partial charge in [0.2, 0.25) is 0 Å². The molecule has 2 saturated heterocycles.